The largest absolute Gasteiger partial charge is 0.289 e. The van der Waals surface area contributed by atoms with Crippen molar-refractivity contribution in [2.45, 2.75) is 6.54 Å². The lowest BCUT2D eigenvalue weighted by Gasteiger charge is -2.15. The average Bonchev–Trinajstić information content (AvgIpc) is 2.81. The van der Waals surface area contributed by atoms with Crippen molar-refractivity contribution in [2.75, 3.05) is 0 Å². The zero-order chi connectivity index (χ0) is 14.3. The third kappa shape index (κ3) is 2.06. The van der Waals surface area contributed by atoms with Crippen molar-refractivity contribution in [3.8, 4) is 16.6 Å². The van der Waals surface area contributed by atoms with E-state index in [-0.39, 0.29) is 12.2 Å². The monoisotopic (exact) mass is 307 g/mol. The van der Waals surface area contributed by atoms with Crippen LogP contribution in [0, 0.1) is 11.3 Å². The standard InChI is InChI=1S/C13H7ClFN3OS/c14-8-3-1-2-7(4-16)11(8)13-17-12-9(15)5-18(19)6-10(12)20-13/h1-3,5,19H,6H2. The molecule has 0 atom stereocenters. The van der Waals surface area contributed by atoms with E-state index in [9.17, 15) is 9.60 Å². The predicted octanol–water partition coefficient (Wildman–Crippen LogP) is 3.81. The van der Waals surface area contributed by atoms with Crippen LogP contribution in [-0.4, -0.2) is 15.3 Å². The van der Waals surface area contributed by atoms with Gasteiger partial charge in [0.2, 0.25) is 0 Å². The highest BCUT2D eigenvalue weighted by Gasteiger charge is 2.24. The van der Waals surface area contributed by atoms with Crippen LogP contribution in [0.5, 0.6) is 0 Å². The summed E-state index contributed by atoms with van der Waals surface area (Å²) >= 11 is 7.33. The van der Waals surface area contributed by atoms with Crippen molar-refractivity contribution < 1.29 is 9.60 Å². The molecular formula is C13H7ClFN3OS. The Kier molecular flexibility index (Phi) is 3.18. The Balaban J connectivity index is 2.18. The lowest BCUT2D eigenvalue weighted by atomic mass is 10.1. The highest BCUT2D eigenvalue weighted by Crippen LogP contribution is 2.39. The van der Waals surface area contributed by atoms with Gasteiger partial charge in [-0.15, -0.1) is 11.3 Å². The van der Waals surface area contributed by atoms with Gasteiger partial charge in [0, 0.05) is 5.56 Å². The topological polar surface area (TPSA) is 60.2 Å². The maximum absolute atomic E-state index is 13.7. The van der Waals surface area contributed by atoms with Crippen molar-refractivity contribution >= 4 is 28.8 Å². The third-order valence-electron chi connectivity index (χ3n) is 2.84. The number of halogens is 2. The molecule has 100 valence electrons. The van der Waals surface area contributed by atoms with Gasteiger partial charge in [0.15, 0.2) is 5.83 Å². The lowest BCUT2D eigenvalue weighted by Crippen LogP contribution is -2.15. The number of aromatic nitrogens is 1. The van der Waals surface area contributed by atoms with E-state index in [1.54, 1.807) is 18.2 Å². The molecule has 0 spiro atoms. The van der Waals surface area contributed by atoms with Crippen LogP contribution < -0.4 is 0 Å². The molecule has 4 nitrogen and oxygen atoms in total. The van der Waals surface area contributed by atoms with Crippen LogP contribution in [0.2, 0.25) is 5.02 Å². The van der Waals surface area contributed by atoms with Crippen molar-refractivity contribution in [3.05, 3.63) is 45.6 Å². The Hall–Kier alpha value is -1.94. The molecule has 3 rings (SSSR count). The van der Waals surface area contributed by atoms with Gasteiger partial charge in [-0.25, -0.2) is 9.37 Å². The fourth-order valence-corrected chi connectivity index (χ4v) is 3.42. The number of hydrogen-bond donors (Lipinski definition) is 1. The summed E-state index contributed by atoms with van der Waals surface area (Å²) < 4.78 is 13.7. The van der Waals surface area contributed by atoms with Crippen LogP contribution in [0.15, 0.2) is 24.4 Å². The molecule has 7 heteroatoms. The van der Waals surface area contributed by atoms with Crippen LogP contribution >= 0.6 is 22.9 Å². The van der Waals surface area contributed by atoms with Gasteiger partial charge in [0.25, 0.3) is 0 Å². The van der Waals surface area contributed by atoms with Crippen LogP contribution in [-0.2, 0) is 6.54 Å². The maximum atomic E-state index is 13.7. The summed E-state index contributed by atoms with van der Waals surface area (Å²) in [6.45, 7) is 0.159. The summed E-state index contributed by atoms with van der Waals surface area (Å²) in [7, 11) is 0. The van der Waals surface area contributed by atoms with Crippen molar-refractivity contribution in [1.82, 2.24) is 10.0 Å². The molecule has 1 aliphatic rings. The van der Waals surface area contributed by atoms with Crippen LogP contribution in [0.4, 0.5) is 4.39 Å². The summed E-state index contributed by atoms with van der Waals surface area (Å²) in [6.07, 6.45) is 0.976. The number of nitriles is 1. The maximum Gasteiger partial charge on any atom is 0.168 e. The smallest absolute Gasteiger partial charge is 0.168 e. The zero-order valence-corrected chi connectivity index (χ0v) is 11.5. The first-order valence-electron chi connectivity index (χ1n) is 5.62. The Bertz CT molecular complexity index is 765. The highest BCUT2D eigenvalue weighted by molar-refractivity contribution is 7.15. The highest BCUT2D eigenvalue weighted by atomic mass is 35.5. The van der Waals surface area contributed by atoms with Gasteiger partial charge in [0.1, 0.15) is 10.7 Å². The van der Waals surface area contributed by atoms with Crippen molar-refractivity contribution in [1.29, 1.82) is 5.26 Å². The zero-order valence-electron chi connectivity index (χ0n) is 9.97. The summed E-state index contributed by atoms with van der Waals surface area (Å²) in [6, 6.07) is 7.01. The first-order valence-corrected chi connectivity index (χ1v) is 6.81. The molecule has 0 unspecified atom stereocenters. The second kappa shape index (κ2) is 4.87. The van der Waals surface area contributed by atoms with E-state index in [4.69, 9.17) is 16.9 Å². The second-order valence-corrected chi connectivity index (χ2v) is 5.63. The number of hydroxylamine groups is 2. The molecule has 2 aromatic rings. The van der Waals surface area contributed by atoms with Crippen molar-refractivity contribution in [2.24, 2.45) is 0 Å². The molecule has 1 aromatic heterocycles. The molecular weight excluding hydrogens is 301 g/mol. The molecule has 0 bridgehead atoms. The Morgan fingerprint density at radius 1 is 1.50 bits per heavy atom. The van der Waals surface area contributed by atoms with Gasteiger partial charge in [-0.05, 0) is 12.1 Å². The Morgan fingerprint density at radius 2 is 2.30 bits per heavy atom. The minimum atomic E-state index is -0.609. The van der Waals surface area contributed by atoms with E-state index in [2.05, 4.69) is 4.98 Å². The molecule has 20 heavy (non-hydrogen) atoms. The van der Waals surface area contributed by atoms with Crippen LogP contribution in [0.3, 0.4) is 0 Å². The molecule has 0 saturated heterocycles. The van der Waals surface area contributed by atoms with Gasteiger partial charge < -0.3 is 0 Å². The van der Waals surface area contributed by atoms with E-state index in [0.717, 1.165) is 11.3 Å². The van der Waals surface area contributed by atoms with E-state index in [0.29, 0.717) is 26.0 Å². The van der Waals surface area contributed by atoms with Gasteiger partial charge in [0.05, 0.1) is 34.3 Å². The number of nitrogens with zero attached hydrogens (tertiary/aromatic N) is 3. The molecule has 1 aliphatic heterocycles. The number of thiazole rings is 1. The van der Waals surface area contributed by atoms with Gasteiger partial charge in [-0.2, -0.15) is 5.26 Å². The summed E-state index contributed by atoms with van der Waals surface area (Å²) in [5.41, 5.74) is 1.07. The van der Waals surface area contributed by atoms with E-state index >= 15 is 0 Å². The van der Waals surface area contributed by atoms with Gasteiger partial charge >= 0.3 is 0 Å². The number of fused-ring (bicyclic) bond motifs is 1. The van der Waals surface area contributed by atoms with E-state index < -0.39 is 5.83 Å². The Labute approximate surface area is 122 Å². The molecule has 0 radical (unpaired) electrons. The average molecular weight is 308 g/mol. The van der Waals surface area contributed by atoms with Gasteiger partial charge in [-0.1, -0.05) is 17.7 Å². The molecule has 1 N–H and O–H groups in total. The number of hydrogen-bond acceptors (Lipinski definition) is 5. The van der Waals surface area contributed by atoms with E-state index in [1.807, 2.05) is 6.07 Å². The van der Waals surface area contributed by atoms with Crippen molar-refractivity contribution in [3.63, 3.8) is 0 Å². The minimum Gasteiger partial charge on any atom is -0.289 e. The summed E-state index contributed by atoms with van der Waals surface area (Å²) in [4.78, 5) is 4.80. The third-order valence-corrected chi connectivity index (χ3v) is 4.21. The first-order chi connectivity index (χ1) is 9.60. The fourth-order valence-electron chi connectivity index (χ4n) is 1.97. The quantitative estimate of drug-likeness (QED) is 0.870. The number of rotatable bonds is 1. The second-order valence-electron chi connectivity index (χ2n) is 4.14. The molecule has 0 aliphatic carbocycles. The predicted molar refractivity (Wildman–Crippen MR) is 73.7 cm³/mol. The molecule has 0 fully saturated rings. The number of benzene rings is 1. The molecule has 1 aromatic carbocycles. The fraction of sp³-hybridized carbons (Fsp3) is 0.0769. The lowest BCUT2D eigenvalue weighted by molar-refractivity contribution is -0.0501. The first kappa shape index (κ1) is 13.1. The van der Waals surface area contributed by atoms with Crippen LogP contribution in [0.25, 0.3) is 16.4 Å². The normalized spacial score (nSPS) is 13.7. The molecule has 0 amide bonds. The molecule has 2 heterocycles. The van der Waals surface area contributed by atoms with Crippen LogP contribution in [0.1, 0.15) is 16.1 Å². The SMILES string of the molecule is N#Cc1cccc(Cl)c1-c1nc2c(s1)CN(O)C=C2F. The van der Waals surface area contributed by atoms with Gasteiger partial charge in [-0.3, -0.25) is 10.3 Å². The summed E-state index contributed by atoms with van der Waals surface area (Å²) in [5, 5.41) is 20.1. The summed E-state index contributed by atoms with van der Waals surface area (Å²) in [5.74, 6) is -0.609. The minimum absolute atomic E-state index is 0.159. The van der Waals surface area contributed by atoms with E-state index in [1.165, 1.54) is 11.3 Å². The Morgan fingerprint density at radius 3 is 3.05 bits per heavy atom. The molecule has 0 saturated carbocycles.